The Morgan fingerprint density at radius 2 is 1.85 bits per heavy atom. The first kappa shape index (κ1) is 16.2. The summed E-state index contributed by atoms with van der Waals surface area (Å²) in [5, 5.41) is 11.7. The number of nitrogens with one attached hydrogen (secondary N) is 1. The molecule has 0 saturated carbocycles. The van der Waals surface area contributed by atoms with Crippen LogP contribution >= 0.6 is 0 Å². The van der Waals surface area contributed by atoms with E-state index in [2.05, 4.69) is 12.2 Å². The van der Waals surface area contributed by atoms with E-state index in [1.54, 1.807) is 19.1 Å². The Kier molecular flexibility index (Phi) is 6.77. The highest BCUT2D eigenvalue weighted by molar-refractivity contribution is 5.93. The fourth-order valence-electron chi connectivity index (χ4n) is 2.09. The Labute approximate surface area is 120 Å². The van der Waals surface area contributed by atoms with Crippen LogP contribution in [0.5, 0.6) is 0 Å². The summed E-state index contributed by atoms with van der Waals surface area (Å²) in [5.41, 5.74) is 1.58. The highest BCUT2D eigenvalue weighted by Crippen LogP contribution is 2.16. The van der Waals surface area contributed by atoms with Crippen molar-refractivity contribution in [1.29, 1.82) is 0 Å². The van der Waals surface area contributed by atoms with E-state index in [0.29, 0.717) is 17.7 Å². The largest absolute Gasteiger partial charge is 0.478 e. The van der Waals surface area contributed by atoms with Gasteiger partial charge in [-0.25, -0.2) is 4.79 Å². The maximum absolute atomic E-state index is 11.7. The minimum Gasteiger partial charge on any atom is -0.478 e. The van der Waals surface area contributed by atoms with Gasteiger partial charge in [-0.2, -0.15) is 0 Å². The van der Waals surface area contributed by atoms with Crippen LogP contribution in [0.15, 0.2) is 18.2 Å². The van der Waals surface area contributed by atoms with Gasteiger partial charge < -0.3 is 10.4 Å². The van der Waals surface area contributed by atoms with Crippen LogP contribution in [-0.2, 0) is 4.79 Å². The fraction of sp³-hybridized carbons (Fsp3) is 0.500. The molecule has 0 aliphatic rings. The second-order valence-corrected chi connectivity index (χ2v) is 5.05. The van der Waals surface area contributed by atoms with Crippen LogP contribution in [0.1, 0.15) is 61.4 Å². The smallest absolute Gasteiger partial charge is 0.335 e. The molecule has 0 aliphatic carbocycles. The second-order valence-electron chi connectivity index (χ2n) is 5.05. The molecule has 2 N–H and O–H groups in total. The van der Waals surface area contributed by atoms with E-state index >= 15 is 0 Å². The van der Waals surface area contributed by atoms with Gasteiger partial charge in [-0.05, 0) is 37.1 Å². The third-order valence-corrected chi connectivity index (χ3v) is 3.25. The molecule has 0 atom stereocenters. The van der Waals surface area contributed by atoms with Gasteiger partial charge in [0.25, 0.3) is 0 Å². The molecule has 0 spiro atoms. The molecule has 0 bridgehead atoms. The van der Waals surface area contributed by atoms with Gasteiger partial charge in [0.2, 0.25) is 5.91 Å². The summed E-state index contributed by atoms with van der Waals surface area (Å²) in [7, 11) is 0. The van der Waals surface area contributed by atoms with E-state index in [1.807, 2.05) is 0 Å². The standard InChI is InChI=1S/C16H23NO3/c1-3-4-5-6-7-8-15(18)17-13-9-10-14(16(19)20)12(2)11-13/h9-11H,3-8H2,1-2H3,(H,17,18)(H,19,20). The van der Waals surface area contributed by atoms with Crippen LogP contribution in [-0.4, -0.2) is 17.0 Å². The molecule has 0 aliphatic heterocycles. The Balaban J connectivity index is 2.42. The number of hydrogen-bond donors (Lipinski definition) is 2. The number of carboxylic acid groups (broad SMARTS) is 1. The van der Waals surface area contributed by atoms with E-state index in [-0.39, 0.29) is 11.5 Å². The van der Waals surface area contributed by atoms with E-state index in [0.717, 1.165) is 12.8 Å². The lowest BCUT2D eigenvalue weighted by atomic mass is 10.1. The molecule has 1 rings (SSSR count). The molecule has 1 aromatic rings. The lowest BCUT2D eigenvalue weighted by molar-refractivity contribution is -0.116. The minimum atomic E-state index is -0.948. The molecule has 1 amide bonds. The molecule has 0 heterocycles. The van der Waals surface area contributed by atoms with Crippen molar-refractivity contribution in [1.82, 2.24) is 0 Å². The van der Waals surface area contributed by atoms with Gasteiger partial charge in [0.05, 0.1) is 5.56 Å². The maximum Gasteiger partial charge on any atom is 0.335 e. The summed E-state index contributed by atoms with van der Waals surface area (Å²) < 4.78 is 0. The molecule has 1 aromatic carbocycles. The number of benzene rings is 1. The van der Waals surface area contributed by atoms with Crippen molar-refractivity contribution in [2.75, 3.05) is 5.32 Å². The molecular weight excluding hydrogens is 254 g/mol. The first-order valence-corrected chi connectivity index (χ1v) is 7.18. The van der Waals surface area contributed by atoms with Gasteiger partial charge in [0.1, 0.15) is 0 Å². The van der Waals surface area contributed by atoms with Crippen LogP contribution in [0.4, 0.5) is 5.69 Å². The van der Waals surface area contributed by atoms with Crippen LogP contribution < -0.4 is 5.32 Å². The van der Waals surface area contributed by atoms with Crippen molar-refractivity contribution < 1.29 is 14.7 Å². The average Bonchev–Trinajstić information content (AvgIpc) is 2.38. The summed E-state index contributed by atoms with van der Waals surface area (Å²) in [5.74, 6) is -0.958. The number of unbranched alkanes of at least 4 members (excludes halogenated alkanes) is 4. The number of carboxylic acids is 1. The average molecular weight is 277 g/mol. The Morgan fingerprint density at radius 3 is 2.45 bits per heavy atom. The zero-order valence-corrected chi connectivity index (χ0v) is 12.2. The monoisotopic (exact) mass is 277 g/mol. The van der Waals surface area contributed by atoms with Crippen molar-refractivity contribution in [3.05, 3.63) is 29.3 Å². The summed E-state index contributed by atoms with van der Waals surface area (Å²) >= 11 is 0. The Hall–Kier alpha value is -1.84. The van der Waals surface area contributed by atoms with Crippen molar-refractivity contribution in [3.63, 3.8) is 0 Å². The van der Waals surface area contributed by atoms with Gasteiger partial charge in [0, 0.05) is 12.1 Å². The number of amides is 1. The first-order valence-electron chi connectivity index (χ1n) is 7.18. The quantitative estimate of drug-likeness (QED) is 0.706. The van der Waals surface area contributed by atoms with Crippen molar-refractivity contribution in [2.45, 2.75) is 52.4 Å². The predicted molar refractivity (Wildman–Crippen MR) is 80.1 cm³/mol. The van der Waals surface area contributed by atoms with Gasteiger partial charge in [-0.1, -0.05) is 32.6 Å². The fourth-order valence-corrected chi connectivity index (χ4v) is 2.09. The lowest BCUT2D eigenvalue weighted by Gasteiger charge is -2.07. The number of carbonyl (C=O) groups is 2. The van der Waals surface area contributed by atoms with Crippen LogP contribution in [0.2, 0.25) is 0 Å². The van der Waals surface area contributed by atoms with E-state index in [1.165, 1.54) is 25.3 Å². The van der Waals surface area contributed by atoms with Crippen molar-refractivity contribution in [2.24, 2.45) is 0 Å². The third-order valence-electron chi connectivity index (χ3n) is 3.25. The summed E-state index contributed by atoms with van der Waals surface area (Å²) in [6.45, 7) is 3.89. The third kappa shape index (κ3) is 5.43. The molecule has 0 fully saturated rings. The highest BCUT2D eigenvalue weighted by atomic mass is 16.4. The van der Waals surface area contributed by atoms with Crippen LogP contribution in [0.3, 0.4) is 0 Å². The Bertz CT molecular complexity index is 469. The summed E-state index contributed by atoms with van der Waals surface area (Å²) in [6, 6.07) is 4.85. The normalized spacial score (nSPS) is 10.3. The van der Waals surface area contributed by atoms with E-state index in [4.69, 9.17) is 5.11 Å². The van der Waals surface area contributed by atoms with E-state index in [9.17, 15) is 9.59 Å². The lowest BCUT2D eigenvalue weighted by Crippen LogP contribution is -2.11. The van der Waals surface area contributed by atoms with Crippen LogP contribution in [0, 0.1) is 6.92 Å². The first-order chi connectivity index (χ1) is 9.54. The van der Waals surface area contributed by atoms with Crippen molar-refractivity contribution >= 4 is 17.6 Å². The summed E-state index contributed by atoms with van der Waals surface area (Å²) in [6.07, 6.45) is 6.09. The Morgan fingerprint density at radius 1 is 1.15 bits per heavy atom. The van der Waals surface area contributed by atoms with E-state index < -0.39 is 5.97 Å². The van der Waals surface area contributed by atoms with Crippen LogP contribution in [0.25, 0.3) is 0 Å². The molecule has 20 heavy (non-hydrogen) atoms. The molecular formula is C16H23NO3. The number of aryl methyl sites for hydroxylation is 1. The minimum absolute atomic E-state index is 0.0102. The van der Waals surface area contributed by atoms with Crippen molar-refractivity contribution in [3.8, 4) is 0 Å². The number of anilines is 1. The van der Waals surface area contributed by atoms with Gasteiger partial charge >= 0.3 is 5.97 Å². The molecule has 0 unspecified atom stereocenters. The SMILES string of the molecule is CCCCCCCC(=O)Nc1ccc(C(=O)O)c(C)c1. The zero-order valence-electron chi connectivity index (χ0n) is 12.2. The van der Waals surface area contributed by atoms with Gasteiger partial charge in [-0.15, -0.1) is 0 Å². The summed E-state index contributed by atoms with van der Waals surface area (Å²) in [4.78, 5) is 22.6. The number of rotatable bonds is 8. The number of carbonyl (C=O) groups excluding carboxylic acids is 1. The number of aromatic carboxylic acids is 1. The molecule has 0 radical (unpaired) electrons. The van der Waals surface area contributed by atoms with Gasteiger partial charge in [-0.3, -0.25) is 4.79 Å². The zero-order chi connectivity index (χ0) is 15.0. The molecule has 110 valence electrons. The topological polar surface area (TPSA) is 66.4 Å². The second kappa shape index (κ2) is 8.35. The molecule has 4 heteroatoms. The number of hydrogen-bond acceptors (Lipinski definition) is 2. The molecule has 0 saturated heterocycles. The highest BCUT2D eigenvalue weighted by Gasteiger charge is 2.08. The van der Waals surface area contributed by atoms with Gasteiger partial charge in [0.15, 0.2) is 0 Å². The predicted octanol–water partition coefficient (Wildman–Crippen LogP) is 3.99. The molecule has 4 nitrogen and oxygen atoms in total. The maximum atomic E-state index is 11.7. The molecule has 0 aromatic heterocycles.